The highest BCUT2D eigenvalue weighted by molar-refractivity contribution is 5.92. The molecule has 1 aromatic carbocycles. The van der Waals surface area contributed by atoms with Crippen molar-refractivity contribution < 1.29 is 9.72 Å². The number of rotatable bonds is 5. The van der Waals surface area contributed by atoms with Gasteiger partial charge in [0.25, 0.3) is 5.69 Å². The molecule has 8 heteroatoms. The van der Waals surface area contributed by atoms with Crippen molar-refractivity contribution in [1.82, 2.24) is 14.8 Å². The summed E-state index contributed by atoms with van der Waals surface area (Å²) in [5, 5.41) is 17.4. The van der Waals surface area contributed by atoms with Crippen LogP contribution in [-0.4, -0.2) is 25.6 Å². The van der Waals surface area contributed by atoms with Gasteiger partial charge in [0.2, 0.25) is 5.91 Å². The molecule has 0 saturated carbocycles. The Morgan fingerprint density at radius 1 is 1.21 bits per heavy atom. The molecule has 24 heavy (non-hydrogen) atoms. The summed E-state index contributed by atoms with van der Waals surface area (Å²) in [7, 11) is 0. The number of carbonyl (C=O) groups is 1. The van der Waals surface area contributed by atoms with Crippen molar-refractivity contribution in [2.45, 2.75) is 6.42 Å². The second kappa shape index (κ2) is 6.69. The minimum absolute atomic E-state index is 0.00225. The quantitative estimate of drug-likeness (QED) is 0.573. The van der Waals surface area contributed by atoms with Crippen LogP contribution in [0.3, 0.4) is 0 Å². The molecule has 0 spiro atoms. The summed E-state index contributed by atoms with van der Waals surface area (Å²) >= 11 is 0. The van der Waals surface area contributed by atoms with Crippen molar-refractivity contribution in [3.05, 3.63) is 76.7 Å². The topological polar surface area (TPSA) is 103 Å². The van der Waals surface area contributed by atoms with Crippen molar-refractivity contribution in [3.63, 3.8) is 0 Å². The average Bonchev–Trinajstić information content (AvgIpc) is 3.10. The summed E-state index contributed by atoms with van der Waals surface area (Å²) in [5.74, 6) is 0.422. The van der Waals surface area contributed by atoms with Crippen LogP contribution in [0.1, 0.15) is 5.56 Å². The number of nitro groups is 1. The molecule has 0 atom stereocenters. The van der Waals surface area contributed by atoms with Gasteiger partial charge in [-0.1, -0.05) is 12.1 Å². The zero-order chi connectivity index (χ0) is 16.9. The van der Waals surface area contributed by atoms with E-state index in [9.17, 15) is 14.9 Å². The maximum absolute atomic E-state index is 12.0. The molecule has 3 aromatic rings. The van der Waals surface area contributed by atoms with E-state index < -0.39 is 4.92 Å². The van der Waals surface area contributed by atoms with Crippen molar-refractivity contribution in [3.8, 4) is 5.82 Å². The molecule has 1 N–H and O–H groups in total. The fourth-order valence-electron chi connectivity index (χ4n) is 2.13. The van der Waals surface area contributed by atoms with Gasteiger partial charge in [-0.05, 0) is 23.8 Å². The molecular formula is C16H13N5O3. The molecule has 120 valence electrons. The van der Waals surface area contributed by atoms with Crippen LogP contribution in [0, 0.1) is 10.1 Å². The maximum atomic E-state index is 12.0. The van der Waals surface area contributed by atoms with Crippen LogP contribution in [0.5, 0.6) is 0 Å². The first-order valence-corrected chi connectivity index (χ1v) is 7.11. The molecule has 0 aliphatic heterocycles. The van der Waals surface area contributed by atoms with Crippen LogP contribution in [0.4, 0.5) is 11.4 Å². The lowest BCUT2D eigenvalue weighted by Crippen LogP contribution is -2.14. The molecule has 0 saturated heterocycles. The first-order valence-electron chi connectivity index (χ1n) is 7.11. The molecule has 0 aliphatic carbocycles. The summed E-state index contributed by atoms with van der Waals surface area (Å²) in [6.07, 6.45) is 5.10. The number of non-ortho nitro benzene ring substituents is 1. The molecule has 0 radical (unpaired) electrons. The number of hydrogen-bond acceptors (Lipinski definition) is 5. The Balaban J connectivity index is 1.61. The molecule has 2 heterocycles. The van der Waals surface area contributed by atoms with Gasteiger partial charge in [0, 0.05) is 24.5 Å². The molecule has 0 unspecified atom stereocenters. The highest BCUT2D eigenvalue weighted by atomic mass is 16.6. The van der Waals surface area contributed by atoms with Gasteiger partial charge in [-0.3, -0.25) is 14.9 Å². The minimum atomic E-state index is -0.476. The van der Waals surface area contributed by atoms with E-state index in [1.807, 2.05) is 0 Å². The van der Waals surface area contributed by atoms with Gasteiger partial charge in [-0.2, -0.15) is 5.10 Å². The van der Waals surface area contributed by atoms with Crippen LogP contribution in [0.25, 0.3) is 5.82 Å². The minimum Gasteiger partial charge on any atom is -0.324 e. The van der Waals surface area contributed by atoms with E-state index >= 15 is 0 Å². The zero-order valence-electron chi connectivity index (χ0n) is 12.5. The smallest absolute Gasteiger partial charge is 0.269 e. The summed E-state index contributed by atoms with van der Waals surface area (Å²) in [6, 6.07) is 11.2. The highest BCUT2D eigenvalue weighted by Crippen LogP contribution is 2.13. The maximum Gasteiger partial charge on any atom is 0.269 e. The van der Waals surface area contributed by atoms with Gasteiger partial charge in [0.05, 0.1) is 23.2 Å². The van der Waals surface area contributed by atoms with E-state index in [2.05, 4.69) is 15.4 Å². The lowest BCUT2D eigenvalue weighted by atomic mass is 10.1. The number of benzene rings is 1. The average molecular weight is 323 g/mol. The largest absolute Gasteiger partial charge is 0.324 e. The third-order valence-corrected chi connectivity index (χ3v) is 3.28. The number of hydrogen-bond donors (Lipinski definition) is 1. The summed E-state index contributed by atoms with van der Waals surface area (Å²) in [6.45, 7) is 0. The monoisotopic (exact) mass is 323 g/mol. The molecular weight excluding hydrogens is 310 g/mol. The first-order chi connectivity index (χ1) is 11.6. The van der Waals surface area contributed by atoms with E-state index in [0.29, 0.717) is 17.1 Å². The Morgan fingerprint density at radius 3 is 2.58 bits per heavy atom. The predicted octanol–water partition coefficient (Wildman–Crippen LogP) is 2.36. The van der Waals surface area contributed by atoms with E-state index in [1.54, 1.807) is 53.6 Å². The number of pyridine rings is 1. The van der Waals surface area contributed by atoms with E-state index in [1.165, 1.54) is 12.1 Å². The number of nitro benzene ring substituents is 1. The Morgan fingerprint density at radius 2 is 2.00 bits per heavy atom. The third-order valence-electron chi connectivity index (χ3n) is 3.28. The fourth-order valence-corrected chi connectivity index (χ4v) is 2.13. The molecule has 3 rings (SSSR count). The third kappa shape index (κ3) is 3.61. The molecule has 0 bridgehead atoms. The molecule has 2 aromatic heterocycles. The standard InChI is InChI=1S/C16H13N5O3/c22-16(10-12-2-5-14(6-3-12)21(23)24)19-13-4-7-15(17-11-13)20-9-1-8-18-20/h1-9,11H,10H2,(H,19,22). The number of nitrogens with zero attached hydrogens (tertiary/aromatic N) is 4. The summed E-state index contributed by atoms with van der Waals surface area (Å²) in [4.78, 5) is 26.4. The fraction of sp³-hybridized carbons (Fsp3) is 0.0625. The van der Waals surface area contributed by atoms with Crippen molar-refractivity contribution in [1.29, 1.82) is 0 Å². The molecule has 1 amide bonds. The second-order valence-corrected chi connectivity index (χ2v) is 5.00. The number of anilines is 1. The lowest BCUT2D eigenvalue weighted by molar-refractivity contribution is -0.384. The van der Waals surface area contributed by atoms with Crippen molar-refractivity contribution in [2.24, 2.45) is 0 Å². The SMILES string of the molecule is O=C(Cc1ccc([N+](=O)[O-])cc1)Nc1ccc(-n2cccn2)nc1. The van der Waals surface area contributed by atoms with Crippen LogP contribution < -0.4 is 5.32 Å². The van der Waals surface area contributed by atoms with Gasteiger partial charge in [0.1, 0.15) is 0 Å². The van der Waals surface area contributed by atoms with Gasteiger partial charge in [-0.25, -0.2) is 9.67 Å². The zero-order valence-corrected chi connectivity index (χ0v) is 12.5. The first kappa shape index (κ1) is 15.3. The second-order valence-electron chi connectivity index (χ2n) is 5.00. The van der Waals surface area contributed by atoms with Gasteiger partial charge in [-0.15, -0.1) is 0 Å². The van der Waals surface area contributed by atoms with E-state index in [-0.39, 0.29) is 18.0 Å². The van der Waals surface area contributed by atoms with E-state index in [0.717, 1.165) is 0 Å². The number of nitrogens with one attached hydrogen (secondary N) is 1. The van der Waals surface area contributed by atoms with E-state index in [4.69, 9.17) is 0 Å². The Labute approximate surface area is 136 Å². The van der Waals surface area contributed by atoms with Gasteiger partial charge < -0.3 is 5.32 Å². The number of aromatic nitrogens is 3. The van der Waals surface area contributed by atoms with Gasteiger partial charge in [0.15, 0.2) is 5.82 Å². The molecule has 0 aliphatic rings. The Kier molecular flexibility index (Phi) is 4.28. The van der Waals surface area contributed by atoms with Crippen molar-refractivity contribution >= 4 is 17.3 Å². The summed E-state index contributed by atoms with van der Waals surface area (Å²) < 4.78 is 1.61. The Hall–Kier alpha value is -3.55. The van der Waals surface area contributed by atoms with Gasteiger partial charge >= 0.3 is 0 Å². The predicted molar refractivity (Wildman–Crippen MR) is 86.8 cm³/mol. The number of carbonyl (C=O) groups excluding carboxylic acids is 1. The molecule has 8 nitrogen and oxygen atoms in total. The van der Waals surface area contributed by atoms with Crippen molar-refractivity contribution in [2.75, 3.05) is 5.32 Å². The van der Waals surface area contributed by atoms with Crippen LogP contribution in [0.2, 0.25) is 0 Å². The number of amides is 1. The normalized spacial score (nSPS) is 10.3. The van der Waals surface area contributed by atoms with Crippen LogP contribution in [-0.2, 0) is 11.2 Å². The summed E-state index contributed by atoms with van der Waals surface area (Å²) in [5.41, 5.74) is 1.26. The van der Waals surface area contributed by atoms with Crippen LogP contribution >= 0.6 is 0 Å². The van der Waals surface area contributed by atoms with Crippen LogP contribution in [0.15, 0.2) is 61.1 Å². The molecule has 0 fully saturated rings. The Bertz CT molecular complexity index is 842. The lowest BCUT2D eigenvalue weighted by Gasteiger charge is -2.06. The highest BCUT2D eigenvalue weighted by Gasteiger charge is 2.08.